The lowest BCUT2D eigenvalue weighted by Gasteiger charge is -2.43. The Kier molecular flexibility index (Phi) is 4.82. The summed E-state index contributed by atoms with van der Waals surface area (Å²) in [5.41, 5.74) is 0.775. The van der Waals surface area contributed by atoms with Crippen molar-refractivity contribution < 1.29 is 27.9 Å². The first-order valence-corrected chi connectivity index (χ1v) is 7.10. The highest BCUT2D eigenvalue weighted by molar-refractivity contribution is 5.86. The van der Waals surface area contributed by atoms with Crippen molar-refractivity contribution in [2.45, 2.75) is 37.5 Å². The van der Waals surface area contributed by atoms with Gasteiger partial charge in [0.2, 0.25) is 5.91 Å². The number of rotatable bonds is 3. The third-order valence-electron chi connectivity index (χ3n) is 4.02. The second kappa shape index (κ2) is 6.47. The minimum atomic E-state index is -4.55. The first-order valence-electron chi connectivity index (χ1n) is 7.10. The number of benzene rings is 1. The molecule has 1 fully saturated rings. The van der Waals surface area contributed by atoms with Crippen LogP contribution in [0, 0.1) is 0 Å². The standard InChI is InChI=1S/C15H17F3N2O3/c1-9-11(10-5-3-2-4-6-10)7-12(19-14(22)23)13(21)20(9)8-15(16,17)18/h2-6,9,11-12,19H,7-8H2,1H3,(H,22,23)/t9-,11-,12?/m1/s1. The van der Waals surface area contributed by atoms with Gasteiger partial charge in [-0.05, 0) is 18.9 Å². The predicted molar refractivity (Wildman–Crippen MR) is 76.0 cm³/mol. The molecule has 0 spiro atoms. The average molecular weight is 330 g/mol. The van der Waals surface area contributed by atoms with Gasteiger partial charge in [0, 0.05) is 12.0 Å². The molecule has 1 aromatic carbocycles. The first kappa shape index (κ1) is 17.1. The van der Waals surface area contributed by atoms with Crippen molar-refractivity contribution in [3.05, 3.63) is 35.9 Å². The fraction of sp³-hybridized carbons (Fsp3) is 0.467. The summed E-state index contributed by atoms with van der Waals surface area (Å²) >= 11 is 0. The first-order chi connectivity index (χ1) is 10.7. The van der Waals surface area contributed by atoms with Gasteiger partial charge in [0.15, 0.2) is 0 Å². The Morgan fingerprint density at radius 2 is 1.96 bits per heavy atom. The summed E-state index contributed by atoms with van der Waals surface area (Å²) < 4.78 is 38.3. The maximum Gasteiger partial charge on any atom is 0.406 e. The molecule has 2 N–H and O–H groups in total. The number of likely N-dealkylation sites (tertiary alicyclic amines) is 1. The van der Waals surface area contributed by atoms with E-state index in [0.717, 1.165) is 5.56 Å². The van der Waals surface area contributed by atoms with E-state index in [0.29, 0.717) is 4.90 Å². The van der Waals surface area contributed by atoms with Crippen molar-refractivity contribution in [3.63, 3.8) is 0 Å². The van der Waals surface area contributed by atoms with E-state index in [-0.39, 0.29) is 12.3 Å². The van der Waals surface area contributed by atoms with Crippen LogP contribution in [-0.2, 0) is 4.79 Å². The van der Waals surface area contributed by atoms with Crippen molar-refractivity contribution in [1.29, 1.82) is 0 Å². The molecule has 1 aliphatic rings. The summed E-state index contributed by atoms with van der Waals surface area (Å²) in [6.07, 6.45) is -5.85. The van der Waals surface area contributed by atoms with Crippen molar-refractivity contribution in [1.82, 2.24) is 10.2 Å². The summed E-state index contributed by atoms with van der Waals surface area (Å²) in [5.74, 6) is -1.22. The zero-order valence-corrected chi connectivity index (χ0v) is 12.4. The predicted octanol–water partition coefficient (Wildman–Crippen LogP) is 2.59. The third-order valence-corrected chi connectivity index (χ3v) is 4.02. The lowest BCUT2D eigenvalue weighted by molar-refractivity contribution is -0.170. The van der Waals surface area contributed by atoms with E-state index in [1.807, 2.05) is 5.32 Å². The van der Waals surface area contributed by atoms with Crippen LogP contribution in [0.4, 0.5) is 18.0 Å². The van der Waals surface area contributed by atoms with Gasteiger partial charge in [0.25, 0.3) is 0 Å². The summed E-state index contributed by atoms with van der Waals surface area (Å²) in [6, 6.07) is 6.96. The fourth-order valence-electron chi connectivity index (χ4n) is 2.97. The van der Waals surface area contributed by atoms with Gasteiger partial charge in [0.1, 0.15) is 12.6 Å². The van der Waals surface area contributed by atoms with Crippen LogP contribution in [0.5, 0.6) is 0 Å². The number of hydrogen-bond acceptors (Lipinski definition) is 2. The molecule has 0 saturated carbocycles. The zero-order valence-electron chi connectivity index (χ0n) is 12.4. The molecule has 0 aromatic heterocycles. The summed E-state index contributed by atoms with van der Waals surface area (Å²) in [4.78, 5) is 23.8. The third kappa shape index (κ3) is 4.14. The Bertz CT molecular complexity index is 577. The number of nitrogens with one attached hydrogen (secondary N) is 1. The molecule has 1 unspecified atom stereocenters. The molecule has 5 nitrogen and oxygen atoms in total. The normalized spacial score (nSPS) is 25.3. The Labute approximate surface area is 131 Å². The number of carboxylic acid groups (broad SMARTS) is 1. The fourth-order valence-corrected chi connectivity index (χ4v) is 2.97. The molecule has 1 aliphatic heterocycles. The number of hydrogen-bond donors (Lipinski definition) is 2. The van der Waals surface area contributed by atoms with Gasteiger partial charge in [-0.25, -0.2) is 4.79 Å². The summed E-state index contributed by atoms with van der Waals surface area (Å²) in [7, 11) is 0. The lowest BCUT2D eigenvalue weighted by Crippen LogP contribution is -2.59. The van der Waals surface area contributed by atoms with Gasteiger partial charge in [-0.2, -0.15) is 13.2 Å². The average Bonchev–Trinajstić information content (AvgIpc) is 2.46. The van der Waals surface area contributed by atoms with Gasteiger partial charge in [-0.1, -0.05) is 30.3 Å². The molecule has 0 aliphatic carbocycles. The van der Waals surface area contributed by atoms with Crippen LogP contribution < -0.4 is 5.32 Å². The topological polar surface area (TPSA) is 69.6 Å². The molecule has 8 heteroatoms. The SMILES string of the molecule is C[C@@H]1[C@H](c2ccccc2)CC(NC(=O)O)C(=O)N1CC(F)(F)F. The molecule has 3 atom stereocenters. The monoisotopic (exact) mass is 330 g/mol. The Hall–Kier alpha value is -2.25. The molecule has 1 aromatic rings. The van der Waals surface area contributed by atoms with Crippen molar-refractivity contribution in [2.75, 3.05) is 6.54 Å². The molecule has 2 amide bonds. The zero-order chi connectivity index (χ0) is 17.2. The van der Waals surface area contributed by atoms with Crippen LogP contribution in [0.25, 0.3) is 0 Å². The number of halogens is 3. The molecule has 0 radical (unpaired) electrons. The lowest BCUT2D eigenvalue weighted by atomic mass is 9.82. The maximum atomic E-state index is 12.8. The van der Waals surface area contributed by atoms with Crippen LogP contribution in [0.2, 0.25) is 0 Å². The Morgan fingerprint density at radius 1 is 1.35 bits per heavy atom. The number of carbonyl (C=O) groups excluding carboxylic acids is 1. The molecule has 23 heavy (non-hydrogen) atoms. The second-order valence-corrected chi connectivity index (χ2v) is 5.58. The number of carbonyl (C=O) groups is 2. The highest BCUT2D eigenvalue weighted by atomic mass is 19.4. The highest BCUT2D eigenvalue weighted by Crippen LogP contribution is 2.35. The number of nitrogens with zero attached hydrogens (tertiary/aromatic N) is 1. The van der Waals surface area contributed by atoms with Crippen LogP contribution >= 0.6 is 0 Å². The van der Waals surface area contributed by atoms with Gasteiger partial charge in [-0.3, -0.25) is 4.79 Å². The number of alkyl halides is 3. The van der Waals surface area contributed by atoms with Gasteiger partial charge in [-0.15, -0.1) is 0 Å². The second-order valence-electron chi connectivity index (χ2n) is 5.58. The Balaban J connectivity index is 2.32. The molecule has 2 rings (SSSR count). The number of amides is 2. The van der Waals surface area contributed by atoms with E-state index in [2.05, 4.69) is 0 Å². The van der Waals surface area contributed by atoms with Crippen molar-refractivity contribution in [3.8, 4) is 0 Å². The Morgan fingerprint density at radius 3 is 2.48 bits per heavy atom. The van der Waals surface area contributed by atoms with E-state index in [4.69, 9.17) is 5.11 Å². The highest BCUT2D eigenvalue weighted by Gasteiger charge is 2.45. The summed E-state index contributed by atoms with van der Waals surface area (Å²) in [6.45, 7) is 0.159. The van der Waals surface area contributed by atoms with Gasteiger partial charge < -0.3 is 15.3 Å². The minimum absolute atomic E-state index is 0.130. The minimum Gasteiger partial charge on any atom is -0.465 e. The molecule has 126 valence electrons. The van der Waals surface area contributed by atoms with E-state index in [9.17, 15) is 22.8 Å². The smallest absolute Gasteiger partial charge is 0.406 e. The molecule has 1 heterocycles. The summed E-state index contributed by atoms with van der Waals surface area (Å²) in [5, 5.41) is 10.8. The van der Waals surface area contributed by atoms with Crippen LogP contribution in [0.3, 0.4) is 0 Å². The molecule has 1 saturated heterocycles. The maximum absolute atomic E-state index is 12.8. The largest absolute Gasteiger partial charge is 0.465 e. The molecular weight excluding hydrogens is 313 g/mol. The van der Waals surface area contributed by atoms with Crippen LogP contribution in [-0.4, -0.2) is 46.8 Å². The van der Waals surface area contributed by atoms with Gasteiger partial charge >= 0.3 is 12.3 Å². The van der Waals surface area contributed by atoms with Gasteiger partial charge in [0.05, 0.1) is 0 Å². The van der Waals surface area contributed by atoms with Crippen molar-refractivity contribution in [2.24, 2.45) is 0 Å². The van der Waals surface area contributed by atoms with E-state index >= 15 is 0 Å². The van der Waals surface area contributed by atoms with Crippen molar-refractivity contribution >= 4 is 12.0 Å². The van der Waals surface area contributed by atoms with E-state index in [1.54, 1.807) is 37.3 Å². The van der Waals surface area contributed by atoms with Crippen LogP contribution in [0.15, 0.2) is 30.3 Å². The quantitative estimate of drug-likeness (QED) is 0.895. The molecular formula is C15H17F3N2O3. The molecule has 0 bridgehead atoms. The van der Waals surface area contributed by atoms with Crippen LogP contribution in [0.1, 0.15) is 24.8 Å². The van der Waals surface area contributed by atoms with E-state index in [1.165, 1.54) is 0 Å². The number of piperidine rings is 1. The van der Waals surface area contributed by atoms with E-state index < -0.39 is 36.8 Å².